The van der Waals surface area contributed by atoms with E-state index in [1.54, 1.807) is 6.20 Å². The summed E-state index contributed by atoms with van der Waals surface area (Å²) in [5.41, 5.74) is 5.93. The standard InChI is InChI=1S/C15H23N3O2/c1-5-20-11-9-15(16,14(11,3)4)13(19)18-12-10(2)7-6-8-17-12/h6-8,11H,5,9,16H2,1-4H3,(H,17,18,19). The van der Waals surface area contributed by atoms with Crippen molar-refractivity contribution in [2.45, 2.75) is 45.8 Å². The first-order valence-electron chi connectivity index (χ1n) is 6.96. The molecule has 2 atom stereocenters. The van der Waals surface area contributed by atoms with E-state index in [4.69, 9.17) is 10.5 Å². The fourth-order valence-corrected chi connectivity index (χ4v) is 2.66. The lowest BCUT2D eigenvalue weighted by atomic mass is 9.54. The van der Waals surface area contributed by atoms with E-state index in [0.29, 0.717) is 18.8 Å². The van der Waals surface area contributed by atoms with Gasteiger partial charge in [-0.3, -0.25) is 4.79 Å². The summed E-state index contributed by atoms with van der Waals surface area (Å²) >= 11 is 0. The zero-order chi connectivity index (χ0) is 15.0. The van der Waals surface area contributed by atoms with Crippen LogP contribution in [0.25, 0.3) is 0 Å². The van der Waals surface area contributed by atoms with Gasteiger partial charge in [-0.2, -0.15) is 0 Å². The first kappa shape index (κ1) is 14.9. The normalized spacial score (nSPS) is 27.8. The highest BCUT2D eigenvalue weighted by Gasteiger charge is 2.62. The van der Waals surface area contributed by atoms with E-state index >= 15 is 0 Å². The topological polar surface area (TPSA) is 77.2 Å². The molecule has 1 aromatic rings. The molecule has 1 saturated carbocycles. The zero-order valence-electron chi connectivity index (χ0n) is 12.6. The van der Waals surface area contributed by atoms with Crippen molar-refractivity contribution in [1.82, 2.24) is 4.98 Å². The average Bonchev–Trinajstić information content (AvgIpc) is 2.40. The van der Waals surface area contributed by atoms with Gasteiger partial charge < -0.3 is 15.8 Å². The molecule has 0 aliphatic heterocycles. The summed E-state index contributed by atoms with van der Waals surface area (Å²) in [7, 11) is 0. The second-order valence-corrected chi connectivity index (χ2v) is 5.96. The lowest BCUT2D eigenvalue weighted by Crippen LogP contribution is -2.74. The van der Waals surface area contributed by atoms with Crippen molar-refractivity contribution in [2.75, 3.05) is 11.9 Å². The van der Waals surface area contributed by atoms with Gasteiger partial charge in [0, 0.05) is 24.6 Å². The molecule has 2 rings (SSSR count). The van der Waals surface area contributed by atoms with Crippen LogP contribution in [0, 0.1) is 12.3 Å². The molecule has 1 aromatic heterocycles. The van der Waals surface area contributed by atoms with Crippen LogP contribution in [0.2, 0.25) is 0 Å². The SMILES string of the molecule is CCOC1CC(N)(C(=O)Nc2ncccc2C)C1(C)C. The summed E-state index contributed by atoms with van der Waals surface area (Å²) in [5, 5.41) is 2.84. The van der Waals surface area contributed by atoms with Gasteiger partial charge in [0.1, 0.15) is 11.4 Å². The van der Waals surface area contributed by atoms with Crippen molar-refractivity contribution in [1.29, 1.82) is 0 Å². The Balaban J connectivity index is 2.12. The van der Waals surface area contributed by atoms with E-state index in [1.807, 2.05) is 39.8 Å². The van der Waals surface area contributed by atoms with Gasteiger partial charge in [0.25, 0.3) is 0 Å². The van der Waals surface area contributed by atoms with Crippen LogP contribution in [0.5, 0.6) is 0 Å². The number of pyridine rings is 1. The van der Waals surface area contributed by atoms with Crippen LogP contribution in [0.1, 0.15) is 32.8 Å². The maximum Gasteiger partial charge on any atom is 0.246 e. The summed E-state index contributed by atoms with van der Waals surface area (Å²) in [6.45, 7) is 8.43. The number of hydrogen-bond acceptors (Lipinski definition) is 4. The molecule has 5 heteroatoms. The number of hydrogen-bond donors (Lipinski definition) is 2. The molecule has 5 nitrogen and oxygen atoms in total. The number of carbonyl (C=O) groups is 1. The number of rotatable bonds is 4. The van der Waals surface area contributed by atoms with Gasteiger partial charge in [-0.25, -0.2) is 4.98 Å². The van der Waals surface area contributed by atoms with Crippen LogP contribution in [-0.2, 0) is 9.53 Å². The Hall–Kier alpha value is -1.46. The summed E-state index contributed by atoms with van der Waals surface area (Å²) in [6, 6.07) is 3.74. The molecule has 1 fully saturated rings. The fourth-order valence-electron chi connectivity index (χ4n) is 2.66. The highest BCUT2D eigenvalue weighted by molar-refractivity contribution is 5.99. The molecule has 2 unspecified atom stereocenters. The van der Waals surface area contributed by atoms with E-state index < -0.39 is 11.0 Å². The fraction of sp³-hybridized carbons (Fsp3) is 0.600. The summed E-state index contributed by atoms with van der Waals surface area (Å²) in [5.74, 6) is 0.373. The Kier molecular flexibility index (Phi) is 3.84. The van der Waals surface area contributed by atoms with Gasteiger partial charge >= 0.3 is 0 Å². The number of aryl methyl sites for hydroxylation is 1. The average molecular weight is 277 g/mol. The van der Waals surface area contributed by atoms with E-state index in [0.717, 1.165) is 5.56 Å². The number of amides is 1. The molecule has 1 heterocycles. The van der Waals surface area contributed by atoms with Gasteiger partial charge in [-0.1, -0.05) is 19.9 Å². The smallest absolute Gasteiger partial charge is 0.246 e. The molecule has 110 valence electrons. The number of ether oxygens (including phenoxy) is 1. The quantitative estimate of drug-likeness (QED) is 0.880. The van der Waals surface area contributed by atoms with Crippen molar-refractivity contribution in [3.05, 3.63) is 23.9 Å². The van der Waals surface area contributed by atoms with Crippen LogP contribution in [0.15, 0.2) is 18.3 Å². The third-order valence-corrected chi connectivity index (χ3v) is 4.48. The van der Waals surface area contributed by atoms with Crippen LogP contribution >= 0.6 is 0 Å². The molecule has 0 bridgehead atoms. The van der Waals surface area contributed by atoms with Crippen LogP contribution in [0.3, 0.4) is 0 Å². The molecule has 0 aromatic carbocycles. The first-order valence-corrected chi connectivity index (χ1v) is 6.96. The minimum absolute atomic E-state index is 0.0214. The Morgan fingerprint density at radius 3 is 2.85 bits per heavy atom. The van der Waals surface area contributed by atoms with Crippen molar-refractivity contribution < 1.29 is 9.53 Å². The number of aromatic nitrogens is 1. The Morgan fingerprint density at radius 2 is 2.30 bits per heavy atom. The lowest BCUT2D eigenvalue weighted by Gasteiger charge is -2.57. The summed E-state index contributed by atoms with van der Waals surface area (Å²) in [6.07, 6.45) is 2.21. The van der Waals surface area contributed by atoms with Gasteiger partial charge in [0.05, 0.1) is 6.10 Å². The number of anilines is 1. The third-order valence-electron chi connectivity index (χ3n) is 4.48. The minimum Gasteiger partial charge on any atom is -0.378 e. The third kappa shape index (κ3) is 2.21. The largest absolute Gasteiger partial charge is 0.378 e. The molecule has 1 aliphatic carbocycles. The van der Waals surface area contributed by atoms with Gasteiger partial charge in [-0.15, -0.1) is 0 Å². The Labute approximate surface area is 119 Å². The van der Waals surface area contributed by atoms with Crippen molar-refractivity contribution in [3.8, 4) is 0 Å². The van der Waals surface area contributed by atoms with Crippen LogP contribution in [-0.4, -0.2) is 29.1 Å². The van der Waals surface area contributed by atoms with Crippen molar-refractivity contribution in [3.63, 3.8) is 0 Å². The monoisotopic (exact) mass is 277 g/mol. The molecule has 3 N–H and O–H groups in total. The zero-order valence-corrected chi connectivity index (χ0v) is 12.6. The van der Waals surface area contributed by atoms with Crippen molar-refractivity contribution in [2.24, 2.45) is 11.1 Å². The first-order chi connectivity index (χ1) is 9.33. The highest BCUT2D eigenvalue weighted by atomic mass is 16.5. The van der Waals surface area contributed by atoms with E-state index in [2.05, 4.69) is 10.3 Å². The molecular weight excluding hydrogens is 254 g/mol. The van der Waals surface area contributed by atoms with Crippen molar-refractivity contribution >= 4 is 11.7 Å². The molecule has 1 amide bonds. The lowest BCUT2D eigenvalue weighted by molar-refractivity contribution is -0.166. The molecule has 1 aliphatic rings. The number of carbonyl (C=O) groups excluding carboxylic acids is 1. The molecule has 20 heavy (non-hydrogen) atoms. The summed E-state index contributed by atoms with van der Waals surface area (Å²) in [4.78, 5) is 16.7. The van der Waals surface area contributed by atoms with E-state index in [9.17, 15) is 4.79 Å². The summed E-state index contributed by atoms with van der Waals surface area (Å²) < 4.78 is 5.64. The minimum atomic E-state index is -0.920. The highest BCUT2D eigenvalue weighted by Crippen LogP contribution is 2.50. The predicted octanol–water partition coefficient (Wildman–Crippen LogP) is 1.86. The van der Waals surface area contributed by atoms with E-state index in [-0.39, 0.29) is 12.0 Å². The predicted molar refractivity (Wildman–Crippen MR) is 78.3 cm³/mol. The second kappa shape index (κ2) is 5.14. The maximum atomic E-state index is 12.5. The van der Waals surface area contributed by atoms with E-state index in [1.165, 1.54) is 0 Å². The van der Waals surface area contributed by atoms with Gasteiger partial charge in [0.2, 0.25) is 5.91 Å². The maximum absolute atomic E-state index is 12.5. The molecule has 0 radical (unpaired) electrons. The van der Waals surface area contributed by atoms with Gasteiger partial charge in [-0.05, 0) is 25.5 Å². The second-order valence-electron chi connectivity index (χ2n) is 5.96. The molecular formula is C15H23N3O2. The molecule has 0 spiro atoms. The van der Waals surface area contributed by atoms with Crippen LogP contribution in [0.4, 0.5) is 5.82 Å². The number of nitrogens with one attached hydrogen (secondary N) is 1. The van der Waals surface area contributed by atoms with Gasteiger partial charge in [0.15, 0.2) is 0 Å². The Bertz CT molecular complexity index is 516. The Morgan fingerprint density at radius 1 is 1.60 bits per heavy atom. The van der Waals surface area contributed by atoms with Crippen LogP contribution < -0.4 is 11.1 Å². The number of nitrogens with zero attached hydrogens (tertiary/aromatic N) is 1. The molecule has 0 saturated heterocycles. The number of nitrogens with two attached hydrogens (primary N) is 1.